The Hall–Kier alpha value is -2.23. The van der Waals surface area contributed by atoms with Gasteiger partial charge in [0.1, 0.15) is 0 Å². The Kier molecular flexibility index (Phi) is 5.47. The molecule has 0 atom stereocenters. The Labute approximate surface area is 150 Å². The summed E-state index contributed by atoms with van der Waals surface area (Å²) in [6.07, 6.45) is 0. The van der Waals surface area contributed by atoms with Crippen molar-refractivity contribution in [3.05, 3.63) is 60.2 Å². The SMILES string of the molecule is Cc1cccc(-n2nnnc2SCCNS(=O)(=O)c2ccccc2)c1. The lowest BCUT2D eigenvalue weighted by molar-refractivity contribution is 0.584. The van der Waals surface area contributed by atoms with Crippen LogP contribution in [0.4, 0.5) is 0 Å². The summed E-state index contributed by atoms with van der Waals surface area (Å²) in [7, 11) is -3.49. The van der Waals surface area contributed by atoms with Crippen LogP contribution in [0.25, 0.3) is 5.69 Å². The molecule has 0 radical (unpaired) electrons. The van der Waals surface area contributed by atoms with Crippen LogP contribution in [0.3, 0.4) is 0 Å². The van der Waals surface area contributed by atoms with Crippen LogP contribution < -0.4 is 4.72 Å². The van der Waals surface area contributed by atoms with Gasteiger partial charge in [-0.25, -0.2) is 13.1 Å². The molecule has 0 aliphatic carbocycles. The molecule has 0 amide bonds. The quantitative estimate of drug-likeness (QED) is 0.502. The van der Waals surface area contributed by atoms with E-state index >= 15 is 0 Å². The first kappa shape index (κ1) is 17.6. The zero-order valence-electron chi connectivity index (χ0n) is 13.5. The Balaban J connectivity index is 1.60. The Bertz CT molecular complexity index is 942. The van der Waals surface area contributed by atoms with Gasteiger partial charge in [-0.05, 0) is 47.2 Å². The Morgan fingerprint density at radius 2 is 1.92 bits per heavy atom. The molecular weight excluding hydrogens is 358 g/mol. The predicted octanol–water partition coefficient (Wildman–Crippen LogP) is 2.04. The van der Waals surface area contributed by atoms with Crippen molar-refractivity contribution in [1.82, 2.24) is 24.9 Å². The molecule has 0 spiro atoms. The third-order valence-electron chi connectivity index (χ3n) is 3.37. The largest absolute Gasteiger partial charge is 0.240 e. The van der Waals surface area contributed by atoms with Gasteiger partial charge in [0.25, 0.3) is 0 Å². The molecule has 0 aliphatic heterocycles. The molecule has 7 nitrogen and oxygen atoms in total. The Morgan fingerprint density at radius 3 is 2.68 bits per heavy atom. The maximum Gasteiger partial charge on any atom is 0.240 e. The fourth-order valence-electron chi connectivity index (χ4n) is 2.19. The van der Waals surface area contributed by atoms with Crippen LogP contribution in [0.5, 0.6) is 0 Å². The first-order valence-electron chi connectivity index (χ1n) is 7.59. The van der Waals surface area contributed by atoms with Gasteiger partial charge in [0.15, 0.2) is 0 Å². The molecule has 2 aromatic carbocycles. The van der Waals surface area contributed by atoms with Crippen LogP contribution >= 0.6 is 11.8 Å². The lowest BCUT2D eigenvalue weighted by atomic mass is 10.2. The fourth-order valence-corrected chi connectivity index (χ4v) is 4.12. The van der Waals surface area contributed by atoms with E-state index in [0.29, 0.717) is 10.9 Å². The summed E-state index contributed by atoms with van der Waals surface area (Å²) in [4.78, 5) is 0.254. The van der Waals surface area contributed by atoms with Crippen LogP contribution in [0.2, 0.25) is 0 Å². The van der Waals surface area contributed by atoms with E-state index in [1.165, 1.54) is 11.8 Å². The second-order valence-corrected chi connectivity index (χ2v) is 8.10. The summed E-state index contributed by atoms with van der Waals surface area (Å²) in [5.74, 6) is 0.512. The van der Waals surface area contributed by atoms with E-state index in [4.69, 9.17) is 0 Å². The van der Waals surface area contributed by atoms with Gasteiger partial charge in [0.05, 0.1) is 10.6 Å². The highest BCUT2D eigenvalue weighted by Gasteiger charge is 2.13. The number of aryl methyl sites for hydroxylation is 1. The number of sulfonamides is 1. The molecule has 0 aliphatic rings. The van der Waals surface area contributed by atoms with E-state index in [1.807, 2.05) is 31.2 Å². The van der Waals surface area contributed by atoms with Crippen molar-refractivity contribution in [1.29, 1.82) is 0 Å². The van der Waals surface area contributed by atoms with E-state index in [-0.39, 0.29) is 11.4 Å². The molecule has 0 saturated carbocycles. The molecule has 0 unspecified atom stereocenters. The maximum absolute atomic E-state index is 12.2. The smallest absolute Gasteiger partial charge is 0.210 e. The van der Waals surface area contributed by atoms with Crippen molar-refractivity contribution < 1.29 is 8.42 Å². The zero-order chi connectivity index (χ0) is 17.7. The van der Waals surface area contributed by atoms with Crippen molar-refractivity contribution in [2.45, 2.75) is 17.0 Å². The second-order valence-electron chi connectivity index (χ2n) is 5.27. The van der Waals surface area contributed by atoms with Crippen LogP contribution in [0.15, 0.2) is 64.6 Å². The average molecular weight is 375 g/mol. The number of thioether (sulfide) groups is 1. The molecule has 130 valence electrons. The zero-order valence-corrected chi connectivity index (χ0v) is 15.2. The third kappa shape index (κ3) is 4.44. The first-order valence-corrected chi connectivity index (χ1v) is 10.1. The Morgan fingerprint density at radius 1 is 1.12 bits per heavy atom. The number of hydrogen-bond acceptors (Lipinski definition) is 6. The first-order chi connectivity index (χ1) is 12.1. The minimum absolute atomic E-state index is 0.254. The summed E-state index contributed by atoms with van der Waals surface area (Å²) in [5.41, 5.74) is 1.98. The van der Waals surface area contributed by atoms with Crippen LogP contribution in [-0.2, 0) is 10.0 Å². The summed E-state index contributed by atoms with van der Waals surface area (Å²) in [6.45, 7) is 2.28. The number of benzene rings is 2. The topological polar surface area (TPSA) is 89.8 Å². The average Bonchev–Trinajstić information content (AvgIpc) is 3.08. The summed E-state index contributed by atoms with van der Waals surface area (Å²) in [5, 5.41) is 12.3. The molecule has 9 heteroatoms. The van der Waals surface area contributed by atoms with Crippen molar-refractivity contribution >= 4 is 21.8 Å². The molecule has 0 fully saturated rings. The van der Waals surface area contributed by atoms with E-state index in [2.05, 4.69) is 20.2 Å². The maximum atomic E-state index is 12.2. The minimum atomic E-state index is -3.49. The van der Waals surface area contributed by atoms with Crippen molar-refractivity contribution in [3.8, 4) is 5.69 Å². The fraction of sp³-hybridized carbons (Fsp3) is 0.188. The highest BCUT2D eigenvalue weighted by molar-refractivity contribution is 7.99. The number of tetrazole rings is 1. The molecule has 25 heavy (non-hydrogen) atoms. The molecule has 1 heterocycles. The van der Waals surface area contributed by atoms with Gasteiger partial charge in [-0.15, -0.1) is 5.10 Å². The van der Waals surface area contributed by atoms with E-state index in [9.17, 15) is 8.42 Å². The highest BCUT2D eigenvalue weighted by atomic mass is 32.2. The summed E-state index contributed by atoms with van der Waals surface area (Å²) < 4.78 is 28.5. The number of nitrogens with one attached hydrogen (secondary N) is 1. The van der Waals surface area contributed by atoms with Gasteiger partial charge in [-0.3, -0.25) is 0 Å². The lowest BCUT2D eigenvalue weighted by Gasteiger charge is -2.07. The van der Waals surface area contributed by atoms with Gasteiger partial charge in [-0.1, -0.05) is 42.1 Å². The molecule has 0 bridgehead atoms. The van der Waals surface area contributed by atoms with Gasteiger partial charge in [-0.2, -0.15) is 4.68 Å². The monoisotopic (exact) mass is 375 g/mol. The van der Waals surface area contributed by atoms with Gasteiger partial charge in [0.2, 0.25) is 15.2 Å². The van der Waals surface area contributed by atoms with Crippen LogP contribution in [0, 0.1) is 6.92 Å². The molecule has 3 aromatic rings. The minimum Gasteiger partial charge on any atom is -0.210 e. The standard InChI is InChI=1S/C16H17N5O2S2/c1-13-6-5-7-14(12-13)21-16(18-19-20-21)24-11-10-17-25(22,23)15-8-3-2-4-9-15/h2-9,12,17H,10-11H2,1H3. The van der Waals surface area contributed by atoms with Crippen molar-refractivity contribution in [3.63, 3.8) is 0 Å². The highest BCUT2D eigenvalue weighted by Crippen LogP contribution is 2.18. The van der Waals surface area contributed by atoms with Crippen molar-refractivity contribution in [2.75, 3.05) is 12.3 Å². The van der Waals surface area contributed by atoms with E-state index in [0.717, 1.165) is 11.3 Å². The van der Waals surface area contributed by atoms with Crippen molar-refractivity contribution in [2.24, 2.45) is 0 Å². The van der Waals surface area contributed by atoms with Gasteiger partial charge >= 0.3 is 0 Å². The number of aromatic nitrogens is 4. The molecule has 3 rings (SSSR count). The number of hydrogen-bond donors (Lipinski definition) is 1. The van der Waals surface area contributed by atoms with Crippen LogP contribution in [-0.4, -0.2) is 40.9 Å². The molecule has 0 saturated heterocycles. The van der Waals surface area contributed by atoms with Crippen LogP contribution in [0.1, 0.15) is 5.56 Å². The molecule has 1 N–H and O–H groups in total. The normalized spacial score (nSPS) is 11.6. The van der Waals surface area contributed by atoms with E-state index < -0.39 is 10.0 Å². The second kappa shape index (κ2) is 7.77. The summed E-state index contributed by atoms with van der Waals surface area (Å²) >= 11 is 1.39. The number of nitrogens with zero attached hydrogens (tertiary/aromatic N) is 4. The summed E-state index contributed by atoms with van der Waals surface area (Å²) in [6, 6.07) is 16.1. The lowest BCUT2D eigenvalue weighted by Crippen LogP contribution is -2.26. The predicted molar refractivity (Wildman–Crippen MR) is 96.2 cm³/mol. The van der Waals surface area contributed by atoms with E-state index in [1.54, 1.807) is 35.0 Å². The molecular formula is C16H17N5O2S2. The van der Waals surface area contributed by atoms with Gasteiger partial charge in [0, 0.05) is 12.3 Å². The number of rotatable bonds is 7. The van der Waals surface area contributed by atoms with Gasteiger partial charge < -0.3 is 0 Å². The third-order valence-corrected chi connectivity index (χ3v) is 5.76. The molecule has 1 aromatic heterocycles.